The normalized spacial score (nSPS) is 21.2. The predicted octanol–water partition coefficient (Wildman–Crippen LogP) is 5.08. The zero-order chi connectivity index (χ0) is 13.2. The molecule has 0 bridgehead atoms. The predicted molar refractivity (Wildman–Crippen MR) is 80.3 cm³/mol. The lowest BCUT2D eigenvalue weighted by atomic mass is 9.97. The fourth-order valence-electron chi connectivity index (χ4n) is 2.91. The van der Waals surface area contributed by atoms with E-state index in [1.165, 1.54) is 25.7 Å². The number of halogens is 2. The van der Waals surface area contributed by atoms with Gasteiger partial charge >= 0.3 is 0 Å². The summed E-state index contributed by atoms with van der Waals surface area (Å²) >= 11 is 10.3. The van der Waals surface area contributed by atoms with Gasteiger partial charge in [0.25, 0.3) is 0 Å². The maximum Gasteiger partial charge on any atom is 0.162 e. The van der Waals surface area contributed by atoms with E-state index in [9.17, 15) is 0 Å². The van der Waals surface area contributed by atoms with Gasteiger partial charge in [-0.3, -0.25) is 0 Å². The molecule has 2 nitrogen and oxygen atoms in total. The summed E-state index contributed by atoms with van der Waals surface area (Å²) in [6.45, 7) is 1.43. The minimum atomic E-state index is 0.0639. The van der Waals surface area contributed by atoms with Crippen LogP contribution in [-0.2, 0) is 0 Å². The number of hydrogen-bond donors (Lipinski definition) is 0. The molecule has 2 aliphatic rings. The first-order valence-corrected chi connectivity index (χ1v) is 8.22. The van der Waals surface area contributed by atoms with Gasteiger partial charge in [-0.15, -0.1) is 11.6 Å². The van der Waals surface area contributed by atoms with Gasteiger partial charge in [-0.1, -0.05) is 28.8 Å². The fourth-order valence-corrected chi connectivity index (χ4v) is 4.05. The Balaban J connectivity index is 1.90. The van der Waals surface area contributed by atoms with Crippen molar-refractivity contribution in [2.24, 2.45) is 5.92 Å². The molecule has 1 saturated carbocycles. The van der Waals surface area contributed by atoms with Crippen molar-refractivity contribution >= 4 is 27.5 Å². The van der Waals surface area contributed by atoms with Crippen molar-refractivity contribution in [3.8, 4) is 11.5 Å². The van der Waals surface area contributed by atoms with Crippen molar-refractivity contribution in [3.63, 3.8) is 0 Å². The molecule has 0 N–H and O–H groups in total. The van der Waals surface area contributed by atoms with Crippen LogP contribution in [-0.4, -0.2) is 13.2 Å². The lowest BCUT2D eigenvalue weighted by Gasteiger charge is -2.20. The number of rotatable bonds is 2. The van der Waals surface area contributed by atoms with Crippen LogP contribution in [0.4, 0.5) is 0 Å². The molecule has 1 aromatic carbocycles. The van der Waals surface area contributed by atoms with E-state index in [2.05, 4.69) is 22.0 Å². The van der Waals surface area contributed by atoms with Crippen LogP contribution < -0.4 is 9.47 Å². The van der Waals surface area contributed by atoms with Crippen molar-refractivity contribution in [3.05, 3.63) is 22.2 Å². The van der Waals surface area contributed by atoms with Crippen molar-refractivity contribution in [1.82, 2.24) is 0 Å². The van der Waals surface area contributed by atoms with E-state index < -0.39 is 0 Å². The number of hydrogen-bond acceptors (Lipinski definition) is 2. The molecular weight excluding hydrogens is 328 g/mol. The summed E-state index contributed by atoms with van der Waals surface area (Å²) in [5.74, 6) is 2.24. The molecule has 1 fully saturated rings. The quantitative estimate of drug-likeness (QED) is 0.696. The Hall–Kier alpha value is -0.410. The van der Waals surface area contributed by atoms with Gasteiger partial charge in [0.05, 0.1) is 18.6 Å². The molecule has 1 heterocycles. The van der Waals surface area contributed by atoms with Gasteiger partial charge < -0.3 is 9.47 Å². The SMILES string of the molecule is ClC(c1cc2c(cc1Br)OCCCO2)C1CCCC1. The zero-order valence-corrected chi connectivity index (χ0v) is 13.2. The molecule has 0 amide bonds. The Bertz CT molecular complexity index is 458. The molecule has 0 spiro atoms. The average molecular weight is 346 g/mol. The van der Waals surface area contributed by atoms with Gasteiger partial charge in [-0.25, -0.2) is 0 Å². The molecule has 3 rings (SSSR count). The highest BCUT2D eigenvalue weighted by molar-refractivity contribution is 9.10. The Labute approximate surface area is 127 Å². The smallest absolute Gasteiger partial charge is 0.162 e. The van der Waals surface area contributed by atoms with Gasteiger partial charge in [0.2, 0.25) is 0 Å². The van der Waals surface area contributed by atoms with E-state index in [-0.39, 0.29) is 5.38 Å². The molecule has 1 aromatic rings. The second kappa shape index (κ2) is 5.92. The average Bonchev–Trinajstić information content (AvgIpc) is 2.84. The van der Waals surface area contributed by atoms with Crippen LogP contribution in [0.25, 0.3) is 0 Å². The van der Waals surface area contributed by atoms with Crippen LogP contribution in [0.3, 0.4) is 0 Å². The highest BCUT2D eigenvalue weighted by atomic mass is 79.9. The van der Waals surface area contributed by atoms with Crippen LogP contribution in [0, 0.1) is 5.92 Å². The summed E-state index contributed by atoms with van der Waals surface area (Å²) in [4.78, 5) is 0. The van der Waals surface area contributed by atoms with Gasteiger partial charge in [-0.2, -0.15) is 0 Å². The number of benzene rings is 1. The summed E-state index contributed by atoms with van der Waals surface area (Å²) in [6, 6.07) is 4.06. The molecule has 0 aromatic heterocycles. The van der Waals surface area contributed by atoms with Crippen LogP contribution in [0.5, 0.6) is 11.5 Å². The maximum absolute atomic E-state index is 6.67. The molecule has 1 aliphatic heterocycles. The lowest BCUT2D eigenvalue weighted by Crippen LogP contribution is -2.05. The molecule has 19 heavy (non-hydrogen) atoms. The van der Waals surface area contributed by atoms with E-state index in [1.807, 2.05) is 6.07 Å². The number of fused-ring (bicyclic) bond motifs is 1. The Kier molecular flexibility index (Phi) is 4.23. The zero-order valence-electron chi connectivity index (χ0n) is 10.8. The monoisotopic (exact) mass is 344 g/mol. The molecule has 4 heteroatoms. The van der Waals surface area contributed by atoms with E-state index in [4.69, 9.17) is 21.1 Å². The maximum atomic E-state index is 6.67. The topological polar surface area (TPSA) is 18.5 Å². The van der Waals surface area contributed by atoms with Gasteiger partial charge in [-0.05, 0) is 36.5 Å². The second-order valence-electron chi connectivity index (χ2n) is 5.32. The van der Waals surface area contributed by atoms with Crippen LogP contribution >= 0.6 is 27.5 Å². The van der Waals surface area contributed by atoms with Crippen molar-refractivity contribution < 1.29 is 9.47 Å². The Morgan fingerprint density at radius 1 is 1.05 bits per heavy atom. The minimum Gasteiger partial charge on any atom is -0.490 e. The summed E-state index contributed by atoms with van der Waals surface area (Å²) in [6.07, 6.45) is 5.99. The largest absolute Gasteiger partial charge is 0.490 e. The summed E-state index contributed by atoms with van der Waals surface area (Å²) in [5, 5.41) is 0.0639. The second-order valence-corrected chi connectivity index (χ2v) is 6.64. The van der Waals surface area contributed by atoms with Crippen LogP contribution in [0.15, 0.2) is 16.6 Å². The number of ether oxygens (including phenoxy) is 2. The van der Waals surface area contributed by atoms with E-state index in [0.29, 0.717) is 19.1 Å². The molecule has 0 saturated heterocycles. The number of alkyl halides is 1. The van der Waals surface area contributed by atoms with Crippen molar-refractivity contribution in [2.45, 2.75) is 37.5 Å². The third-order valence-corrected chi connectivity index (χ3v) is 5.26. The molecule has 104 valence electrons. The Morgan fingerprint density at radius 2 is 1.68 bits per heavy atom. The first kappa shape index (κ1) is 13.6. The van der Waals surface area contributed by atoms with Gasteiger partial charge in [0.15, 0.2) is 11.5 Å². The third-order valence-electron chi connectivity index (χ3n) is 3.98. The fraction of sp³-hybridized carbons (Fsp3) is 0.600. The standard InChI is InChI=1S/C15H18BrClO2/c16-12-9-14-13(18-6-3-7-19-14)8-11(12)15(17)10-4-1-2-5-10/h8-10,15H,1-7H2. The highest BCUT2D eigenvalue weighted by Gasteiger charge is 2.27. The molecule has 0 radical (unpaired) electrons. The summed E-state index contributed by atoms with van der Waals surface area (Å²) < 4.78 is 12.5. The van der Waals surface area contributed by atoms with Crippen molar-refractivity contribution in [2.75, 3.05) is 13.2 Å². The summed E-state index contributed by atoms with van der Waals surface area (Å²) in [5.41, 5.74) is 1.14. The van der Waals surface area contributed by atoms with Crippen LogP contribution in [0.1, 0.15) is 43.0 Å². The molecule has 1 aliphatic carbocycles. The molecule has 1 unspecified atom stereocenters. The van der Waals surface area contributed by atoms with Crippen LogP contribution in [0.2, 0.25) is 0 Å². The first-order valence-electron chi connectivity index (χ1n) is 6.99. The van der Waals surface area contributed by atoms with Gasteiger partial charge in [0, 0.05) is 10.9 Å². The van der Waals surface area contributed by atoms with E-state index in [0.717, 1.165) is 28.0 Å². The Morgan fingerprint density at radius 3 is 2.37 bits per heavy atom. The van der Waals surface area contributed by atoms with Crippen molar-refractivity contribution in [1.29, 1.82) is 0 Å². The van der Waals surface area contributed by atoms with Gasteiger partial charge in [0.1, 0.15) is 0 Å². The molecular formula is C15H18BrClO2. The third kappa shape index (κ3) is 2.87. The highest BCUT2D eigenvalue weighted by Crippen LogP contribution is 2.45. The minimum absolute atomic E-state index is 0.0639. The van der Waals surface area contributed by atoms with E-state index >= 15 is 0 Å². The lowest BCUT2D eigenvalue weighted by molar-refractivity contribution is 0.297. The summed E-state index contributed by atoms with van der Waals surface area (Å²) in [7, 11) is 0. The first-order chi connectivity index (χ1) is 9.25. The molecule has 1 atom stereocenters. The van der Waals surface area contributed by atoms with E-state index in [1.54, 1.807) is 0 Å².